The molecule has 0 aliphatic heterocycles. The third-order valence-corrected chi connectivity index (χ3v) is 5.14. The fourth-order valence-corrected chi connectivity index (χ4v) is 3.43. The lowest BCUT2D eigenvalue weighted by Gasteiger charge is -2.33. The van der Waals surface area contributed by atoms with E-state index in [1.807, 2.05) is 5.51 Å². The predicted molar refractivity (Wildman–Crippen MR) is 70.9 cm³/mol. The first-order valence-electron chi connectivity index (χ1n) is 6.45. The smallest absolute Gasteiger partial charge is 0.0797 e. The van der Waals surface area contributed by atoms with Crippen molar-refractivity contribution in [2.75, 3.05) is 0 Å². The van der Waals surface area contributed by atoms with E-state index in [1.165, 1.54) is 17.7 Å². The molecular weight excluding hydrogens is 228 g/mol. The van der Waals surface area contributed by atoms with Gasteiger partial charge in [-0.15, -0.1) is 11.3 Å². The molecule has 1 aliphatic rings. The minimum atomic E-state index is -0.0526. The van der Waals surface area contributed by atoms with Gasteiger partial charge in [0.15, 0.2) is 0 Å². The van der Waals surface area contributed by atoms with Gasteiger partial charge in [0, 0.05) is 4.88 Å². The van der Waals surface area contributed by atoms with Gasteiger partial charge in [0.05, 0.1) is 22.7 Å². The van der Waals surface area contributed by atoms with Crippen LogP contribution in [0.3, 0.4) is 0 Å². The Bertz CT molecular complexity index is 408. The van der Waals surface area contributed by atoms with Gasteiger partial charge in [-0.2, -0.15) is 5.26 Å². The molecule has 0 N–H and O–H groups in total. The van der Waals surface area contributed by atoms with Crippen molar-refractivity contribution < 1.29 is 0 Å². The molecule has 0 spiro atoms. The van der Waals surface area contributed by atoms with Crippen molar-refractivity contribution in [1.82, 2.24) is 4.98 Å². The predicted octanol–water partition coefficient (Wildman–Crippen LogP) is 4.10. The third kappa shape index (κ3) is 2.87. The van der Waals surface area contributed by atoms with Crippen molar-refractivity contribution in [3.05, 3.63) is 16.1 Å². The highest BCUT2D eigenvalue weighted by Crippen LogP contribution is 2.42. The zero-order chi connectivity index (χ0) is 12.3. The first-order valence-corrected chi connectivity index (χ1v) is 7.33. The van der Waals surface area contributed by atoms with E-state index in [9.17, 15) is 5.26 Å². The monoisotopic (exact) mass is 248 g/mol. The van der Waals surface area contributed by atoms with Crippen LogP contribution in [0.15, 0.2) is 5.51 Å². The Morgan fingerprint density at radius 2 is 2.24 bits per heavy atom. The average Bonchev–Trinajstić information content (AvgIpc) is 2.75. The molecule has 1 saturated carbocycles. The second-order valence-electron chi connectivity index (χ2n) is 5.44. The number of aryl methyl sites for hydroxylation is 2. The van der Waals surface area contributed by atoms with Crippen LogP contribution in [0.25, 0.3) is 0 Å². The summed E-state index contributed by atoms with van der Waals surface area (Å²) in [7, 11) is 0. The summed E-state index contributed by atoms with van der Waals surface area (Å²) in [6, 6.07) is 2.60. The number of thiazole rings is 1. The molecule has 1 fully saturated rings. The van der Waals surface area contributed by atoms with Crippen LogP contribution >= 0.6 is 11.3 Å². The molecule has 0 radical (unpaired) electrons. The Hall–Kier alpha value is -0.880. The standard InChI is InChI=1S/C14H20N2S/c1-11-3-6-14(9-15,7-4-11)8-5-13-12(2)16-10-17-13/h10-11H,3-8H2,1-2H3. The van der Waals surface area contributed by atoms with Crippen LogP contribution in [0.5, 0.6) is 0 Å². The van der Waals surface area contributed by atoms with E-state index in [1.54, 1.807) is 11.3 Å². The van der Waals surface area contributed by atoms with Crippen LogP contribution in [-0.2, 0) is 6.42 Å². The summed E-state index contributed by atoms with van der Waals surface area (Å²) in [6.07, 6.45) is 6.65. The first kappa shape index (κ1) is 12.6. The van der Waals surface area contributed by atoms with Crippen molar-refractivity contribution >= 4 is 11.3 Å². The van der Waals surface area contributed by atoms with Gasteiger partial charge < -0.3 is 0 Å². The number of rotatable bonds is 3. The van der Waals surface area contributed by atoms with Crippen LogP contribution in [0.2, 0.25) is 0 Å². The van der Waals surface area contributed by atoms with Crippen LogP contribution in [-0.4, -0.2) is 4.98 Å². The van der Waals surface area contributed by atoms with Crippen molar-refractivity contribution in [3.8, 4) is 6.07 Å². The van der Waals surface area contributed by atoms with Crippen LogP contribution in [0.1, 0.15) is 49.6 Å². The van der Waals surface area contributed by atoms with Gasteiger partial charge in [-0.25, -0.2) is 4.98 Å². The Morgan fingerprint density at radius 1 is 1.53 bits per heavy atom. The fourth-order valence-electron chi connectivity index (χ4n) is 2.65. The minimum absolute atomic E-state index is 0.0526. The van der Waals surface area contributed by atoms with Gasteiger partial charge in [0.2, 0.25) is 0 Å². The number of aromatic nitrogens is 1. The van der Waals surface area contributed by atoms with Gasteiger partial charge in [-0.05, 0) is 51.4 Å². The highest BCUT2D eigenvalue weighted by atomic mass is 32.1. The number of hydrogen-bond acceptors (Lipinski definition) is 3. The highest BCUT2D eigenvalue weighted by molar-refractivity contribution is 7.09. The summed E-state index contributed by atoms with van der Waals surface area (Å²) in [5.74, 6) is 0.807. The molecule has 0 unspecified atom stereocenters. The molecule has 17 heavy (non-hydrogen) atoms. The maximum atomic E-state index is 9.46. The molecule has 0 aromatic carbocycles. The Morgan fingerprint density at radius 3 is 2.76 bits per heavy atom. The van der Waals surface area contributed by atoms with E-state index < -0.39 is 0 Å². The quantitative estimate of drug-likeness (QED) is 0.807. The summed E-state index contributed by atoms with van der Waals surface area (Å²) in [5.41, 5.74) is 3.00. The minimum Gasteiger partial charge on any atom is -0.250 e. The molecule has 3 heteroatoms. The highest BCUT2D eigenvalue weighted by Gasteiger charge is 2.34. The molecule has 0 bridgehead atoms. The lowest BCUT2D eigenvalue weighted by atomic mass is 9.69. The average molecular weight is 248 g/mol. The lowest BCUT2D eigenvalue weighted by molar-refractivity contribution is 0.207. The largest absolute Gasteiger partial charge is 0.250 e. The normalized spacial score (nSPS) is 28.9. The van der Waals surface area contributed by atoms with E-state index in [-0.39, 0.29) is 5.41 Å². The SMILES string of the molecule is Cc1ncsc1CCC1(C#N)CCC(C)CC1. The summed E-state index contributed by atoms with van der Waals surface area (Å²) in [6.45, 7) is 4.36. The number of nitrogens with zero attached hydrogens (tertiary/aromatic N) is 2. The summed E-state index contributed by atoms with van der Waals surface area (Å²) in [5, 5.41) is 9.46. The number of hydrogen-bond donors (Lipinski definition) is 0. The first-order chi connectivity index (χ1) is 8.15. The molecular formula is C14H20N2S. The van der Waals surface area contributed by atoms with E-state index in [2.05, 4.69) is 24.9 Å². The van der Waals surface area contributed by atoms with Crippen molar-refractivity contribution in [3.63, 3.8) is 0 Å². The topological polar surface area (TPSA) is 36.7 Å². The van der Waals surface area contributed by atoms with Gasteiger partial charge in [-0.3, -0.25) is 0 Å². The van der Waals surface area contributed by atoms with Crippen LogP contribution in [0, 0.1) is 29.6 Å². The number of nitriles is 1. The van der Waals surface area contributed by atoms with Gasteiger partial charge in [0.25, 0.3) is 0 Å². The third-order valence-electron chi connectivity index (χ3n) is 4.14. The van der Waals surface area contributed by atoms with Crippen molar-refractivity contribution in [2.24, 2.45) is 11.3 Å². The molecule has 0 saturated heterocycles. The second kappa shape index (κ2) is 5.18. The molecule has 2 rings (SSSR count). The molecule has 92 valence electrons. The Labute approximate surface area is 108 Å². The van der Waals surface area contributed by atoms with Crippen LogP contribution in [0.4, 0.5) is 0 Å². The van der Waals surface area contributed by atoms with Gasteiger partial charge in [-0.1, -0.05) is 6.92 Å². The van der Waals surface area contributed by atoms with E-state index in [0.29, 0.717) is 0 Å². The van der Waals surface area contributed by atoms with E-state index >= 15 is 0 Å². The fraction of sp³-hybridized carbons (Fsp3) is 0.714. The maximum Gasteiger partial charge on any atom is 0.0797 e. The zero-order valence-electron chi connectivity index (χ0n) is 10.7. The second-order valence-corrected chi connectivity index (χ2v) is 6.37. The molecule has 0 amide bonds. The van der Waals surface area contributed by atoms with Crippen molar-refractivity contribution in [1.29, 1.82) is 5.26 Å². The lowest BCUT2D eigenvalue weighted by Crippen LogP contribution is -2.25. The molecule has 1 aromatic heterocycles. The summed E-state index contributed by atoms with van der Waals surface area (Å²) in [4.78, 5) is 5.64. The Balaban J connectivity index is 1.97. The Kier molecular flexibility index (Phi) is 3.83. The van der Waals surface area contributed by atoms with Gasteiger partial charge >= 0.3 is 0 Å². The summed E-state index contributed by atoms with van der Waals surface area (Å²) < 4.78 is 0. The van der Waals surface area contributed by atoms with E-state index in [4.69, 9.17) is 0 Å². The van der Waals surface area contributed by atoms with E-state index in [0.717, 1.165) is 37.3 Å². The molecule has 1 aromatic rings. The maximum absolute atomic E-state index is 9.46. The molecule has 1 aliphatic carbocycles. The van der Waals surface area contributed by atoms with Gasteiger partial charge in [0.1, 0.15) is 0 Å². The van der Waals surface area contributed by atoms with Crippen molar-refractivity contribution in [2.45, 2.75) is 52.4 Å². The molecule has 1 heterocycles. The summed E-state index contributed by atoms with van der Waals surface area (Å²) >= 11 is 1.73. The molecule has 2 nitrogen and oxygen atoms in total. The zero-order valence-corrected chi connectivity index (χ0v) is 11.5. The molecule has 0 atom stereocenters. The van der Waals surface area contributed by atoms with Crippen LogP contribution < -0.4 is 0 Å².